The highest BCUT2D eigenvalue weighted by atomic mass is 28.4. The Balaban J connectivity index is 1.30. The Morgan fingerprint density at radius 1 is 1.12 bits per heavy atom. The number of benzene rings is 1. The van der Waals surface area contributed by atoms with E-state index in [1.807, 2.05) is 6.92 Å². The molecule has 2 N–H and O–H groups in total. The van der Waals surface area contributed by atoms with Gasteiger partial charge in [0.15, 0.2) is 8.32 Å². The molecule has 1 aromatic rings. The smallest absolute Gasteiger partial charge is 0.192 e. The average Bonchev–Trinajstić information content (AvgIpc) is 3.79. The molecular formula is C36H56O5Si. The van der Waals surface area contributed by atoms with E-state index < -0.39 is 13.9 Å². The molecule has 2 saturated heterocycles. The maximum absolute atomic E-state index is 10.4. The van der Waals surface area contributed by atoms with Gasteiger partial charge in [-0.25, -0.2) is 0 Å². The predicted molar refractivity (Wildman–Crippen MR) is 170 cm³/mol. The van der Waals surface area contributed by atoms with Crippen LogP contribution in [0.5, 0.6) is 0 Å². The topological polar surface area (TPSA) is 74.8 Å². The largest absolute Gasteiger partial charge is 0.414 e. The summed E-state index contributed by atoms with van der Waals surface area (Å²) in [6.07, 6.45) is 10.8. The molecule has 6 heteroatoms. The van der Waals surface area contributed by atoms with Crippen molar-refractivity contribution in [2.45, 2.75) is 140 Å². The summed E-state index contributed by atoms with van der Waals surface area (Å²) in [5.41, 5.74) is 1.77. The van der Waals surface area contributed by atoms with Crippen molar-refractivity contribution in [1.82, 2.24) is 0 Å². The summed E-state index contributed by atoms with van der Waals surface area (Å²) >= 11 is 0. The molecule has 6 rings (SSSR count). The van der Waals surface area contributed by atoms with Crippen molar-refractivity contribution in [3.8, 4) is 0 Å². The summed E-state index contributed by atoms with van der Waals surface area (Å²) < 4.78 is 20.8. The first kappa shape index (κ1) is 31.0. The molecule has 2 aliphatic heterocycles. The van der Waals surface area contributed by atoms with Crippen molar-refractivity contribution in [3.63, 3.8) is 0 Å². The normalized spacial score (nSPS) is 41.4. The van der Waals surface area contributed by atoms with Gasteiger partial charge in [0.05, 0.1) is 18.3 Å². The molecule has 42 heavy (non-hydrogen) atoms. The van der Waals surface area contributed by atoms with Crippen molar-refractivity contribution in [2.24, 2.45) is 29.6 Å². The summed E-state index contributed by atoms with van der Waals surface area (Å²) in [7, 11) is -1.85. The van der Waals surface area contributed by atoms with Gasteiger partial charge >= 0.3 is 0 Å². The van der Waals surface area contributed by atoms with Crippen molar-refractivity contribution < 1.29 is 24.1 Å². The molecule has 2 heterocycles. The molecule has 3 aliphatic carbocycles. The van der Waals surface area contributed by atoms with Crippen LogP contribution in [0.3, 0.4) is 0 Å². The highest BCUT2D eigenvalue weighted by molar-refractivity contribution is 6.74. The van der Waals surface area contributed by atoms with Crippen LogP contribution in [-0.4, -0.2) is 55.2 Å². The van der Waals surface area contributed by atoms with Crippen molar-refractivity contribution in [2.75, 3.05) is 6.61 Å². The molecule has 0 aromatic heterocycles. The Morgan fingerprint density at radius 2 is 1.83 bits per heavy atom. The zero-order valence-corrected chi connectivity index (χ0v) is 28.1. The SMILES string of the molecule is CC[C@H](O)CCC/C=C(\C)[C@]1(c2ccccc2)O[C@]12C[C@H]1[C@@H]3C[C@H](O[Si](C)(C)C(C)(C)C)C[C@H]3[C@H]3O[C@@H]3[C@H]1[C@@H]2CCO. The molecule has 1 spiro atoms. The molecule has 0 radical (unpaired) electrons. The molecule has 1 aromatic carbocycles. The quantitative estimate of drug-likeness (QED) is 0.121. The minimum atomic E-state index is -1.85. The number of rotatable bonds is 11. The van der Waals surface area contributed by atoms with Gasteiger partial charge in [-0.3, -0.25) is 0 Å². The molecule has 5 aliphatic rings. The molecule has 234 valence electrons. The van der Waals surface area contributed by atoms with Gasteiger partial charge in [-0.05, 0) is 117 Å². The lowest BCUT2D eigenvalue weighted by atomic mass is 9.67. The fourth-order valence-corrected chi connectivity index (χ4v) is 10.9. The third-order valence-electron chi connectivity index (χ3n) is 12.6. The number of hydrogen-bond acceptors (Lipinski definition) is 5. The highest BCUT2D eigenvalue weighted by Gasteiger charge is 2.82. The molecule has 5 fully saturated rings. The van der Waals surface area contributed by atoms with E-state index in [0.717, 1.165) is 51.4 Å². The van der Waals surface area contributed by atoms with E-state index in [2.05, 4.69) is 77.2 Å². The molecule has 0 bridgehead atoms. The number of epoxide rings is 2. The summed E-state index contributed by atoms with van der Waals surface area (Å²) in [4.78, 5) is 0. The maximum atomic E-state index is 10.4. The second-order valence-electron chi connectivity index (χ2n) is 15.8. The minimum absolute atomic E-state index is 0.185. The van der Waals surface area contributed by atoms with E-state index in [1.54, 1.807) is 0 Å². The van der Waals surface area contributed by atoms with Gasteiger partial charge in [0.1, 0.15) is 11.2 Å². The summed E-state index contributed by atoms with van der Waals surface area (Å²) in [6, 6.07) is 10.8. The number of hydrogen-bond donors (Lipinski definition) is 2. The number of fused-ring (bicyclic) bond motifs is 6. The van der Waals surface area contributed by atoms with Crippen LogP contribution in [0.25, 0.3) is 0 Å². The molecule has 5 nitrogen and oxygen atoms in total. The van der Waals surface area contributed by atoms with Crippen LogP contribution in [0.1, 0.15) is 91.5 Å². The first-order valence-corrected chi connectivity index (χ1v) is 19.9. The van der Waals surface area contributed by atoms with E-state index in [4.69, 9.17) is 13.9 Å². The van der Waals surface area contributed by atoms with Gasteiger partial charge in [0.2, 0.25) is 0 Å². The first-order chi connectivity index (χ1) is 19.9. The van der Waals surface area contributed by atoms with Crippen molar-refractivity contribution >= 4 is 8.32 Å². The van der Waals surface area contributed by atoms with Crippen LogP contribution in [0.2, 0.25) is 18.1 Å². The average molecular weight is 597 g/mol. The Bertz CT molecular complexity index is 1150. The lowest BCUT2D eigenvalue weighted by molar-refractivity contribution is 0.118. The van der Waals surface area contributed by atoms with E-state index in [1.165, 1.54) is 11.1 Å². The van der Waals surface area contributed by atoms with Gasteiger partial charge in [0, 0.05) is 12.7 Å². The van der Waals surface area contributed by atoms with Gasteiger partial charge < -0.3 is 24.1 Å². The van der Waals surface area contributed by atoms with E-state index in [9.17, 15) is 10.2 Å². The maximum Gasteiger partial charge on any atom is 0.192 e. The second-order valence-corrected chi connectivity index (χ2v) is 20.6. The van der Waals surface area contributed by atoms with Gasteiger partial charge in [0.25, 0.3) is 0 Å². The van der Waals surface area contributed by atoms with Crippen LogP contribution in [0.4, 0.5) is 0 Å². The number of allylic oxidation sites excluding steroid dienone is 1. The van der Waals surface area contributed by atoms with Crippen LogP contribution >= 0.6 is 0 Å². The second kappa shape index (κ2) is 11.1. The van der Waals surface area contributed by atoms with Crippen LogP contribution in [0.15, 0.2) is 42.0 Å². The lowest BCUT2D eigenvalue weighted by Crippen LogP contribution is -2.43. The first-order valence-electron chi connectivity index (χ1n) is 17.0. The van der Waals surface area contributed by atoms with E-state index in [-0.39, 0.29) is 29.3 Å². The number of ether oxygens (including phenoxy) is 2. The fraction of sp³-hybridized carbons (Fsp3) is 0.778. The number of unbranched alkanes of at least 4 members (excludes halogenated alkanes) is 1. The standard InChI is InChI=1S/C36H56O5Si/c1-8-25(38)17-13-12-14-23(2)36(24-15-10-9-11-16-24)35(41-36)22-29-27-20-26(40-42(6,7)34(3,4)5)21-28(27)32-33(39-32)31(29)30(35)18-19-37/h9-11,14-16,25-33,37-38H,8,12-13,17-22H2,1-7H3/b23-14+/t25-,26-,27+,28+,29-,30-,31+,32+,33+,35-,36+/m0/s1. The zero-order valence-electron chi connectivity index (χ0n) is 27.1. The van der Waals surface area contributed by atoms with Crippen LogP contribution in [-0.2, 0) is 19.5 Å². The Morgan fingerprint density at radius 3 is 2.50 bits per heavy atom. The molecule has 11 atom stereocenters. The Labute approximate surface area is 255 Å². The summed E-state index contributed by atoms with van der Waals surface area (Å²) in [5.74, 6) is 2.44. The monoisotopic (exact) mass is 596 g/mol. The number of aliphatic hydroxyl groups is 2. The van der Waals surface area contributed by atoms with Crippen LogP contribution in [0, 0.1) is 29.6 Å². The van der Waals surface area contributed by atoms with E-state index in [0.29, 0.717) is 42.0 Å². The van der Waals surface area contributed by atoms with Crippen molar-refractivity contribution in [3.05, 3.63) is 47.5 Å². The summed E-state index contributed by atoms with van der Waals surface area (Å²) in [5, 5.41) is 20.7. The van der Waals surface area contributed by atoms with Crippen molar-refractivity contribution in [1.29, 1.82) is 0 Å². The highest BCUT2D eigenvalue weighted by Crippen LogP contribution is 2.76. The molecule has 3 saturated carbocycles. The summed E-state index contributed by atoms with van der Waals surface area (Å²) in [6.45, 7) is 16.3. The predicted octanol–water partition coefficient (Wildman–Crippen LogP) is 7.37. The fourth-order valence-electron chi connectivity index (χ4n) is 9.53. The van der Waals surface area contributed by atoms with Gasteiger partial charge in [-0.1, -0.05) is 64.1 Å². The molecule has 0 unspecified atom stereocenters. The zero-order chi connectivity index (χ0) is 30.1. The third-order valence-corrected chi connectivity index (χ3v) is 17.2. The minimum Gasteiger partial charge on any atom is -0.414 e. The number of aliphatic hydroxyl groups excluding tert-OH is 2. The van der Waals surface area contributed by atoms with Crippen LogP contribution < -0.4 is 0 Å². The van der Waals surface area contributed by atoms with E-state index >= 15 is 0 Å². The van der Waals surface area contributed by atoms with Gasteiger partial charge in [-0.2, -0.15) is 0 Å². The third kappa shape index (κ3) is 4.91. The molecule has 0 amide bonds. The Kier molecular flexibility index (Phi) is 8.19. The molecular weight excluding hydrogens is 540 g/mol. The van der Waals surface area contributed by atoms with Gasteiger partial charge in [-0.15, -0.1) is 0 Å². The Hall–Kier alpha value is -1.02. The lowest BCUT2D eigenvalue weighted by Gasteiger charge is -2.38.